The van der Waals surface area contributed by atoms with E-state index < -0.39 is 22.8 Å². The summed E-state index contributed by atoms with van der Waals surface area (Å²) < 4.78 is 11.8. The molecule has 2 N–H and O–H groups in total. The summed E-state index contributed by atoms with van der Waals surface area (Å²) in [5.41, 5.74) is 1.74. The number of hydrogen-bond donors (Lipinski definition) is 2. The van der Waals surface area contributed by atoms with Crippen LogP contribution in [-0.2, 0) is 15.0 Å². The predicted octanol–water partition coefficient (Wildman–Crippen LogP) is 7.45. The standard InChI is InChI=1S/C34H46N2O3/c1-31(2,3)39-30(37)36-32(4,5)24-26-38-33(6,7)23-25-35-34(27-17-11-8-12-18-27,28-19-13-9-14-20-28)29-21-15-10-16-22-29/h8-22,35H,23-26H2,1-7H3,(H,36,37). The van der Waals surface area contributed by atoms with Gasteiger partial charge in [0, 0.05) is 12.1 Å². The van der Waals surface area contributed by atoms with Gasteiger partial charge in [0.15, 0.2) is 0 Å². The molecule has 0 aliphatic carbocycles. The molecule has 0 radical (unpaired) electrons. The summed E-state index contributed by atoms with van der Waals surface area (Å²) in [6.45, 7) is 15.1. The number of carbonyl (C=O) groups is 1. The lowest BCUT2D eigenvalue weighted by atomic mass is 9.77. The largest absolute Gasteiger partial charge is 0.444 e. The number of amides is 1. The van der Waals surface area contributed by atoms with Crippen LogP contribution in [0.4, 0.5) is 4.79 Å². The van der Waals surface area contributed by atoms with Gasteiger partial charge in [-0.15, -0.1) is 0 Å². The van der Waals surface area contributed by atoms with Crippen molar-refractivity contribution in [2.45, 2.75) is 83.6 Å². The Morgan fingerprint density at radius 1 is 0.667 bits per heavy atom. The molecular weight excluding hydrogens is 484 g/mol. The van der Waals surface area contributed by atoms with E-state index in [9.17, 15) is 4.79 Å². The maximum absolute atomic E-state index is 12.2. The summed E-state index contributed by atoms with van der Waals surface area (Å²) >= 11 is 0. The SMILES string of the molecule is CC(C)(CCOC(C)(C)CCNC(c1ccccc1)(c1ccccc1)c1ccccc1)NC(=O)OC(C)(C)C. The van der Waals surface area contributed by atoms with Crippen molar-refractivity contribution in [3.63, 3.8) is 0 Å². The van der Waals surface area contributed by atoms with Crippen molar-refractivity contribution in [2.75, 3.05) is 13.2 Å². The highest BCUT2D eigenvalue weighted by Crippen LogP contribution is 2.37. The minimum absolute atomic E-state index is 0.356. The molecule has 0 saturated heterocycles. The zero-order valence-corrected chi connectivity index (χ0v) is 24.7. The van der Waals surface area contributed by atoms with Gasteiger partial charge in [-0.25, -0.2) is 4.79 Å². The first-order valence-corrected chi connectivity index (χ1v) is 13.9. The molecule has 0 heterocycles. The van der Waals surface area contributed by atoms with E-state index in [4.69, 9.17) is 9.47 Å². The normalized spacial score (nSPS) is 12.7. The summed E-state index contributed by atoms with van der Waals surface area (Å²) in [5.74, 6) is 0. The van der Waals surface area contributed by atoms with Crippen molar-refractivity contribution >= 4 is 6.09 Å². The minimum Gasteiger partial charge on any atom is -0.444 e. The van der Waals surface area contributed by atoms with E-state index in [0.717, 1.165) is 13.0 Å². The van der Waals surface area contributed by atoms with Gasteiger partial charge in [0.25, 0.3) is 0 Å². The fraction of sp³-hybridized carbons (Fsp3) is 0.441. The average molecular weight is 531 g/mol. The molecular formula is C34H46N2O3. The van der Waals surface area contributed by atoms with Crippen LogP contribution in [0.5, 0.6) is 0 Å². The second-order valence-corrected chi connectivity index (χ2v) is 12.4. The Labute approximate surface area is 235 Å². The molecule has 0 bridgehead atoms. The fourth-order valence-corrected chi connectivity index (χ4v) is 4.72. The Balaban J connectivity index is 1.70. The first-order valence-electron chi connectivity index (χ1n) is 13.9. The highest BCUT2D eigenvalue weighted by molar-refractivity contribution is 5.68. The van der Waals surface area contributed by atoms with Crippen molar-refractivity contribution < 1.29 is 14.3 Å². The van der Waals surface area contributed by atoms with Gasteiger partial charge >= 0.3 is 6.09 Å². The smallest absolute Gasteiger partial charge is 0.408 e. The van der Waals surface area contributed by atoms with Gasteiger partial charge in [-0.2, -0.15) is 0 Å². The first kappa shape index (κ1) is 30.4. The Morgan fingerprint density at radius 2 is 1.10 bits per heavy atom. The van der Waals surface area contributed by atoms with Crippen molar-refractivity contribution in [3.8, 4) is 0 Å². The molecule has 3 rings (SSSR count). The van der Waals surface area contributed by atoms with Gasteiger partial charge in [-0.3, -0.25) is 5.32 Å². The molecule has 0 unspecified atom stereocenters. The van der Waals surface area contributed by atoms with E-state index in [0.29, 0.717) is 13.0 Å². The molecule has 3 aromatic rings. The number of benzene rings is 3. The van der Waals surface area contributed by atoms with Crippen LogP contribution in [0, 0.1) is 0 Å². The third-order valence-electron chi connectivity index (χ3n) is 6.80. The second-order valence-electron chi connectivity index (χ2n) is 12.4. The zero-order valence-electron chi connectivity index (χ0n) is 24.7. The molecule has 0 aromatic heterocycles. The number of carbonyl (C=O) groups excluding carboxylic acids is 1. The van der Waals surface area contributed by atoms with Gasteiger partial charge in [0.1, 0.15) is 5.60 Å². The van der Waals surface area contributed by atoms with E-state index in [1.54, 1.807) is 0 Å². The lowest BCUT2D eigenvalue weighted by Gasteiger charge is -2.38. The third kappa shape index (κ3) is 8.94. The second kappa shape index (κ2) is 12.8. The first-order chi connectivity index (χ1) is 18.3. The lowest BCUT2D eigenvalue weighted by molar-refractivity contribution is -0.0314. The molecule has 3 aromatic carbocycles. The molecule has 210 valence electrons. The highest BCUT2D eigenvalue weighted by atomic mass is 16.6. The number of nitrogens with one attached hydrogen (secondary N) is 2. The van der Waals surface area contributed by atoms with E-state index in [-0.39, 0.29) is 5.60 Å². The Bertz CT molecular complexity index is 1060. The van der Waals surface area contributed by atoms with Crippen molar-refractivity contribution in [1.29, 1.82) is 0 Å². The summed E-state index contributed by atoms with van der Waals surface area (Å²) in [6, 6.07) is 31.9. The Hall–Kier alpha value is -3.15. The van der Waals surface area contributed by atoms with E-state index >= 15 is 0 Å². The van der Waals surface area contributed by atoms with Crippen LogP contribution >= 0.6 is 0 Å². The predicted molar refractivity (Wildman–Crippen MR) is 160 cm³/mol. The van der Waals surface area contributed by atoms with Gasteiger partial charge in [-0.1, -0.05) is 91.0 Å². The molecule has 0 saturated carbocycles. The number of rotatable bonds is 12. The molecule has 39 heavy (non-hydrogen) atoms. The van der Waals surface area contributed by atoms with Crippen LogP contribution in [0.1, 0.15) is 78.0 Å². The Kier molecular flexibility index (Phi) is 9.98. The molecule has 5 nitrogen and oxygen atoms in total. The van der Waals surface area contributed by atoms with Gasteiger partial charge < -0.3 is 14.8 Å². The van der Waals surface area contributed by atoms with Gasteiger partial charge in [-0.05, 0) is 84.5 Å². The summed E-state index contributed by atoms with van der Waals surface area (Å²) in [7, 11) is 0. The minimum atomic E-state index is -0.528. The Morgan fingerprint density at radius 3 is 1.51 bits per heavy atom. The number of ether oxygens (including phenoxy) is 2. The van der Waals surface area contributed by atoms with E-state index in [1.807, 2.05) is 34.6 Å². The van der Waals surface area contributed by atoms with Crippen molar-refractivity contribution in [3.05, 3.63) is 108 Å². The van der Waals surface area contributed by atoms with Crippen LogP contribution < -0.4 is 10.6 Å². The summed E-state index contributed by atoms with van der Waals surface area (Å²) in [6.07, 6.45) is 1.07. The van der Waals surface area contributed by atoms with Crippen LogP contribution in [0.25, 0.3) is 0 Å². The summed E-state index contributed by atoms with van der Waals surface area (Å²) in [4.78, 5) is 12.2. The molecule has 5 heteroatoms. The molecule has 0 aliphatic heterocycles. The van der Waals surface area contributed by atoms with Crippen molar-refractivity contribution in [2.24, 2.45) is 0 Å². The van der Waals surface area contributed by atoms with Crippen LogP contribution in [-0.4, -0.2) is 36.0 Å². The number of alkyl carbamates (subject to hydrolysis) is 1. The van der Waals surface area contributed by atoms with Gasteiger partial charge in [0.05, 0.1) is 11.1 Å². The van der Waals surface area contributed by atoms with Crippen LogP contribution in [0.15, 0.2) is 91.0 Å². The van der Waals surface area contributed by atoms with E-state index in [2.05, 4.69) is 115 Å². The third-order valence-corrected chi connectivity index (χ3v) is 6.80. The molecule has 0 spiro atoms. The lowest BCUT2D eigenvalue weighted by Crippen LogP contribution is -2.47. The average Bonchev–Trinajstić information content (AvgIpc) is 2.86. The quantitative estimate of drug-likeness (QED) is 0.239. The zero-order chi connectivity index (χ0) is 28.6. The van der Waals surface area contributed by atoms with Crippen molar-refractivity contribution in [1.82, 2.24) is 10.6 Å². The van der Waals surface area contributed by atoms with Crippen LogP contribution in [0.2, 0.25) is 0 Å². The van der Waals surface area contributed by atoms with Crippen LogP contribution in [0.3, 0.4) is 0 Å². The topological polar surface area (TPSA) is 59.6 Å². The highest BCUT2D eigenvalue weighted by Gasteiger charge is 2.36. The van der Waals surface area contributed by atoms with E-state index in [1.165, 1.54) is 16.7 Å². The maximum atomic E-state index is 12.2. The summed E-state index contributed by atoms with van der Waals surface area (Å²) in [5, 5.41) is 6.90. The molecule has 0 fully saturated rings. The molecule has 0 aliphatic rings. The fourth-order valence-electron chi connectivity index (χ4n) is 4.72. The molecule has 1 amide bonds. The monoisotopic (exact) mass is 530 g/mol. The maximum Gasteiger partial charge on any atom is 0.408 e. The molecule has 0 atom stereocenters. The number of hydrogen-bond acceptors (Lipinski definition) is 4. The van der Waals surface area contributed by atoms with Gasteiger partial charge in [0.2, 0.25) is 0 Å².